The van der Waals surface area contributed by atoms with Gasteiger partial charge in [0.05, 0.1) is 24.3 Å². The molecule has 0 unspecified atom stereocenters. The van der Waals surface area contributed by atoms with E-state index in [0.29, 0.717) is 19.0 Å². The van der Waals surface area contributed by atoms with Crippen LogP contribution in [-0.4, -0.2) is 17.4 Å². The molecule has 1 aromatic heterocycles. The van der Waals surface area contributed by atoms with Crippen LogP contribution in [0.5, 0.6) is 0 Å². The molecule has 0 aliphatic heterocycles. The number of nitrogens with zero attached hydrogens (tertiary/aromatic N) is 2. The van der Waals surface area contributed by atoms with Gasteiger partial charge in [0.15, 0.2) is 5.96 Å². The Labute approximate surface area is 147 Å². The number of hydrogen-bond acceptors (Lipinski definition) is 4. The topological polar surface area (TPSA) is 92.7 Å². The second-order valence-corrected chi connectivity index (χ2v) is 5.66. The van der Waals surface area contributed by atoms with Crippen molar-refractivity contribution in [3.63, 3.8) is 0 Å². The van der Waals surface area contributed by atoms with Crippen molar-refractivity contribution in [1.29, 1.82) is 0 Å². The molecule has 0 aliphatic carbocycles. The van der Waals surface area contributed by atoms with E-state index in [9.17, 15) is 10.1 Å². The SMILES string of the molecule is CCCCCNC(=NCc1ccc([N+](=O)[O-])cc1)NCc1ccco1. The fourth-order valence-corrected chi connectivity index (χ4v) is 2.23. The zero-order valence-corrected chi connectivity index (χ0v) is 14.4. The van der Waals surface area contributed by atoms with Gasteiger partial charge in [-0.05, 0) is 24.1 Å². The maximum Gasteiger partial charge on any atom is 0.269 e. The van der Waals surface area contributed by atoms with Crippen LogP contribution in [0.4, 0.5) is 5.69 Å². The Bertz CT molecular complexity index is 666. The second kappa shape index (κ2) is 10.1. The lowest BCUT2D eigenvalue weighted by molar-refractivity contribution is -0.384. The lowest BCUT2D eigenvalue weighted by Crippen LogP contribution is -2.37. The number of hydrogen-bond donors (Lipinski definition) is 2. The summed E-state index contributed by atoms with van der Waals surface area (Å²) in [7, 11) is 0. The summed E-state index contributed by atoms with van der Waals surface area (Å²) in [4.78, 5) is 14.8. The van der Waals surface area contributed by atoms with Crippen molar-refractivity contribution in [3.8, 4) is 0 Å². The van der Waals surface area contributed by atoms with Crippen LogP contribution in [0.1, 0.15) is 37.5 Å². The summed E-state index contributed by atoms with van der Waals surface area (Å²) in [5, 5.41) is 17.2. The highest BCUT2D eigenvalue weighted by Gasteiger charge is 2.04. The number of nitrogens with one attached hydrogen (secondary N) is 2. The summed E-state index contributed by atoms with van der Waals surface area (Å²) in [5.41, 5.74) is 1.000. The van der Waals surface area contributed by atoms with Gasteiger partial charge in [-0.1, -0.05) is 31.9 Å². The summed E-state index contributed by atoms with van der Waals surface area (Å²) in [6.07, 6.45) is 5.05. The summed E-state index contributed by atoms with van der Waals surface area (Å²) >= 11 is 0. The molecule has 7 nitrogen and oxygen atoms in total. The third-order valence-corrected chi connectivity index (χ3v) is 3.65. The molecule has 0 bridgehead atoms. The number of aliphatic imine (C=N–C) groups is 1. The van der Waals surface area contributed by atoms with E-state index in [1.165, 1.54) is 18.6 Å². The highest BCUT2D eigenvalue weighted by atomic mass is 16.6. The fourth-order valence-electron chi connectivity index (χ4n) is 2.23. The summed E-state index contributed by atoms with van der Waals surface area (Å²) < 4.78 is 5.32. The van der Waals surface area contributed by atoms with Crippen LogP contribution in [0.3, 0.4) is 0 Å². The van der Waals surface area contributed by atoms with Gasteiger partial charge in [0, 0.05) is 18.7 Å². The molecule has 0 amide bonds. The predicted molar refractivity (Wildman–Crippen MR) is 97.3 cm³/mol. The van der Waals surface area contributed by atoms with Crippen LogP contribution in [-0.2, 0) is 13.1 Å². The fraction of sp³-hybridized carbons (Fsp3) is 0.389. The molecule has 0 aliphatic rings. The van der Waals surface area contributed by atoms with E-state index >= 15 is 0 Å². The number of nitro benzene ring substituents is 1. The first kappa shape index (κ1) is 18.5. The Hall–Kier alpha value is -2.83. The molecule has 134 valence electrons. The number of unbranched alkanes of at least 4 members (excludes halogenated alkanes) is 2. The standard InChI is InChI=1S/C18H24N4O3/c1-2-3-4-11-19-18(21-14-17-6-5-12-25-17)20-13-15-7-9-16(10-8-15)22(23)24/h5-10,12H,2-4,11,13-14H2,1H3,(H2,19,20,21). The predicted octanol–water partition coefficient (Wildman–Crippen LogP) is 3.61. The molecule has 1 heterocycles. The zero-order valence-electron chi connectivity index (χ0n) is 14.4. The minimum Gasteiger partial charge on any atom is -0.467 e. The first-order valence-electron chi connectivity index (χ1n) is 8.47. The third kappa shape index (κ3) is 6.66. The van der Waals surface area contributed by atoms with Crippen LogP contribution in [0.25, 0.3) is 0 Å². The molecule has 7 heteroatoms. The van der Waals surface area contributed by atoms with Gasteiger partial charge in [0.1, 0.15) is 5.76 Å². The largest absolute Gasteiger partial charge is 0.467 e. The van der Waals surface area contributed by atoms with Crippen molar-refractivity contribution in [2.45, 2.75) is 39.3 Å². The van der Waals surface area contributed by atoms with E-state index in [-0.39, 0.29) is 5.69 Å². The molecule has 1 aromatic carbocycles. The van der Waals surface area contributed by atoms with Gasteiger partial charge in [-0.3, -0.25) is 10.1 Å². The first-order chi connectivity index (χ1) is 12.2. The molecular weight excluding hydrogens is 320 g/mol. The van der Waals surface area contributed by atoms with Gasteiger partial charge in [-0.25, -0.2) is 4.99 Å². The summed E-state index contributed by atoms with van der Waals surface area (Å²) in [6.45, 7) is 4.00. The van der Waals surface area contributed by atoms with E-state index in [1.54, 1.807) is 18.4 Å². The lowest BCUT2D eigenvalue weighted by atomic mass is 10.2. The molecule has 2 aromatic rings. The maximum absolute atomic E-state index is 10.7. The van der Waals surface area contributed by atoms with E-state index < -0.39 is 4.92 Å². The van der Waals surface area contributed by atoms with Crippen molar-refractivity contribution < 1.29 is 9.34 Å². The minimum atomic E-state index is -0.404. The Morgan fingerprint density at radius 2 is 2.00 bits per heavy atom. The molecule has 2 rings (SSSR count). The Kier molecular flexibility index (Phi) is 7.49. The molecule has 0 saturated carbocycles. The quantitative estimate of drug-likeness (QED) is 0.238. The molecule has 0 saturated heterocycles. The number of rotatable bonds is 9. The molecule has 0 spiro atoms. The van der Waals surface area contributed by atoms with E-state index in [2.05, 4.69) is 22.5 Å². The second-order valence-electron chi connectivity index (χ2n) is 5.66. The van der Waals surface area contributed by atoms with Crippen molar-refractivity contribution in [3.05, 3.63) is 64.1 Å². The van der Waals surface area contributed by atoms with Gasteiger partial charge in [0.2, 0.25) is 0 Å². The highest BCUT2D eigenvalue weighted by Crippen LogP contribution is 2.12. The number of benzene rings is 1. The molecule has 0 fully saturated rings. The van der Waals surface area contributed by atoms with Crippen LogP contribution in [0.15, 0.2) is 52.1 Å². The van der Waals surface area contributed by atoms with Crippen LogP contribution < -0.4 is 10.6 Å². The number of guanidine groups is 1. The Morgan fingerprint density at radius 1 is 1.20 bits per heavy atom. The lowest BCUT2D eigenvalue weighted by Gasteiger charge is -2.11. The maximum atomic E-state index is 10.7. The molecule has 25 heavy (non-hydrogen) atoms. The normalized spacial score (nSPS) is 11.3. The van der Waals surface area contributed by atoms with Crippen LogP contribution in [0, 0.1) is 10.1 Å². The number of non-ortho nitro benzene ring substituents is 1. The highest BCUT2D eigenvalue weighted by molar-refractivity contribution is 5.79. The van der Waals surface area contributed by atoms with E-state index in [0.717, 1.165) is 30.7 Å². The van der Waals surface area contributed by atoms with Gasteiger partial charge in [-0.2, -0.15) is 0 Å². The van der Waals surface area contributed by atoms with Gasteiger partial charge >= 0.3 is 0 Å². The smallest absolute Gasteiger partial charge is 0.269 e. The van der Waals surface area contributed by atoms with Gasteiger partial charge < -0.3 is 15.1 Å². The van der Waals surface area contributed by atoms with E-state index in [1.807, 2.05) is 12.1 Å². The van der Waals surface area contributed by atoms with Crippen LogP contribution >= 0.6 is 0 Å². The Balaban J connectivity index is 1.93. The van der Waals surface area contributed by atoms with Gasteiger partial charge in [0.25, 0.3) is 5.69 Å². The molecular formula is C18H24N4O3. The third-order valence-electron chi connectivity index (χ3n) is 3.65. The van der Waals surface area contributed by atoms with Crippen LogP contribution in [0.2, 0.25) is 0 Å². The van der Waals surface area contributed by atoms with Crippen molar-refractivity contribution >= 4 is 11.6 Å². The van der Waals surface area contributed by atoms with Crippen molar-refractivity contribution in [2.24, 2.45) is 4.99 Å². The van der Waals surface area contributed by atoms with E-state index in [4.69, 9.17) is 4.42 Å². The van der Waals surface area contributed by atoms with Gasteiger partial charge in [-0.15, -0.1) is 0 Å². The summed E-state index contributed by atoms with van der Waals surface area (Å²) in [6, 6.07) is 10.2. The van der Waals surface area contributed by atoms with Crippen molar-refractivity contribution in [1.82, 2.24) is 10.6 Å². The Morgan fingerprint density at radius 3 is 2.64 bits per heavy atom. The zero-order chi connectivity index (χ0) is 17.9. The summed E-state index contributed by atoms with van der Waals surface area (Å²) in [5.74, 6) is 1.53. The average molecular weight is 344 g/mol. The monoisotopic (exact) mass is 344 g/mol. The molecule has 0 radical (unpaired) electrons. The average Bonchev–Trinajstić information content (AvgIpc) is 3.14. The minimum absolute atomic E-state index is 0.0848. The number of nitro groups is 1. The first-order valence-corrected chi connectivity index (χ1v) is 8.47. The molecule has 0 atom stereocenters. The van der Waals surface area contributed by atoms with Crippen molar-refractivity contribution in [2.75, 3.05) is 6.54 Å². The number of furan rings is 1. The molecule has 2 N–H and O–H groups in total.